The maximum atomic E-state index is 6.07. The van der Waals surface area contributed by atoms with E-state index in [9.17, 15) is 0 Å². The molecule has 3 rings (SSSR count). The molecule has 3 aromatic rings. The Morgan fingerprint density at radius 3 is 2.60 bits per heavy atom. The van der Waals surface area contributed by atoms with Gasteiger partial charge in [0.05, 0.1) is 10.4 Å². The van der Waals surface area contributed by atoms with Crippen LogP contribution in [-0.2, 0) is 6.54 Å². The minimum atomic E-state index is 0.195. The van der Waals surface area contributed by atoms with Crippen LogP contribution in [0.1, 0.15) is 21.4 Å². The van der Waals surface area contributed by atoms with Gasteiger partial charge in [-0.05, 0) is 41.3 Å². The summed E-state index contributed by atoms with van der Waals surface area (Å²) in [5.41, 5.74) is 1.23. The third-order valence-corrected chi connectivity index (χ3v) is 5.20. The predicted octanol–water partition coefficient (Wildman–Crippen LogP) is 4.74. The molecular weight excluding hydrogens is 308 g/mol. The van der Waals surface area contributed by atoms with E-state index < -0.39 is 0 Å². The number of halogens is 1. The van der Waals surface area contributed by atoms with Crippen molar-refractivity contribution in [2.24, 2.45) is 0 Å². The Hall–Kier alpha value is -1.20. The van der Waals surface area contributed by atoms with Crippen LogP contribution in [0.4, 0.5) is 0 Å². The van der Waals surface area contributed by atoms with Crippen LogP contribution in [0.15, 0.2) is 54.2 Å². The van der Waals surface area contributed by atoms with Crippen molar-refractivity contribution in [3.05, 3.63) is 73.8 Å². The van der Waals surface area contributed by atoms with Crippen molar-refractivity contribution in [1.82, 2.24) is 10.3 Å². The summed E-state index contributed by atoms with van der Waals surface area (Å²) in [6, 6.07) is 12.5. The van der Waals surface area contributed by atoms with Crippen LogP contribution in [0.5, 0.6) is 0 Å². The Kier molecular flexibility index (Phi) is 4.47. The number of thiophene rings is 2. The standard InChI is InChI=1S/C15H13ClN2S2/c16-14-4-3-13(20-14)15(12-2-1-9-19-12)18-10-11-5-7-17-8-6-11/h1-9,15,18H,10H2. The van der Waals surface area contributed by atoms with Crippen LogP contribution in [0.3, 0.4) is 0 Å². The van der Waals surface area contributed by atoms with Crippen molar-refractivity contribution in [2.75, 3.05) is 0 Å². The van der Waals surface area contributed by atoms with Crippen LogP contribution in [0.2, 0.25) is 4.34 Å². The fourth-order valence-electron chi connectivity index (χ4n) is 2.00. The highest BCUT2D eigenvalue weighted by atomic mass is 35.5. The summed E-state index contributed by atoms with van der Waals surface area (Å²) in [7, 11) is 0. The summed E-state index contributed by atoms with van der Waals surface area (Å²) in [5, 5.41) is 5.71. The second kappa shape index (κ2) is 6.50. The fourth-order valence-corrected chi connectivity index (χ4v) is 4.05. The van der Waals surface area contributed by atoms with Crippen molar-refractivity contribution < 1.29 is 0 Å². The van der Waals surface area contributed by atoms with Gasteiger partial charge in [-0.15, -0.1) is 22.7 Å². The Morgan fingerprint density at radius 1 is 1.10 bits per heavy atom. The zero-order valence-corrected chi connectivity index (χ0v) is 13.0. The highest BCUT2D eigenvalue weighted by Gasteiger charge is 2.16. The van der Waals surface area contributed by atoms with E-state index in [1.54, 1.807) is 22.7 Å². The minimum absolute atomic E-state index is 0.195. The largest absolute Gasteiger partial charge is 0.301 e. The molecule has 2 nitrogen and oxygen atoms in total. The van der Waals surface area contributed by atoms with E-state index >= 15 is 0 Å². The van der Waals surface area contributed by atoms with Crippen molar-refractivity contribution in [1.29, 1.82) is 0 Å². The van der Waals surface area contributed by atoms with Crippen LogP contribution < -0.4 is 5.32 Å². The molecule has 1 unspecified atom stereocenters. The molecule has 20 heavy (non-hydrogen) atoms. The lowest BCUT2D eigenvalue weighted by Gasteiger charge is -2.16. The molecule has 3 heterocycles. The third kappa shape index (κ3) is 3.27. The molecule has 5 heteroatoms. The summed E-state index contributed by atoms with van der Waals surface area (Å²) < 4.78 is 0.826. The summed E-state index contributed by atoms with van der Waals surface area (Å²) in [6.45, 7) is 0.806. The van der Waals surface area contributed by atoms with Gasteiger partial charge in [-0.2, -0.15) is 0 Å². The van der Waals surface area contributed by atoms with Gasteiger partial charge in [-0.1, -0.05) is 17.7 Å². The number of nitrogens with zero attached hydrogens (tertiary/aromatic N) is 1. The van der Waals surface area contributed by atoms with Gasteiger partial charge in [0.15, 0.2) is 0 Å². The van der Waals surface area contributed by atoms with Crippen molar-refractivity contribution in [3.63, 3.8) is 0 Å². The monoisotopic (exact) mass is 320 g/mol. The predicted molar refractivity (Wildman–Crippen MR) is 86.6 cm³/mol. The Morgan fingerprint density at radius 2 is 1.95 bits per heavy atom. The molecule has 0 aromatic carbocycles. The lowest BCUT2D eigenvalue weighted by Crippen LogP contribution is -2.20. The number of pyridine rings is 1. The quantitative estimate of drug-likeness (QED) is 0.734. The van der Waals surface area contributed by atoms with Gasteiger partial charge in [0.25, 0.3) is 0 Å². The second-order valence-corrected chi connectivity index (χ2v) is 7.05. The van der Waals surface area contributed by atoms with Crippen LogP contribution in [0.25, 0.3) is 0 Å². The van der Waals surface area contributed by atoms with Crippen molar-refractivity contribution in [3.8, 4) is 0 Å². The van der Waals surface area contributed by atoms with E-state index in [1.807, 2.05) is 30.6 Å². The molecule has 0 aliphatic carbocycles. The molecule has 0 saturated carbocycles. The average molecular weight is 321 g/mol. The average Bonchev–Trinajstić information content (AvgIpc) is 3.13. The normalized spacial score (nSPS) is 12.4. The molecule has 0 amide bonds. The SMILES string of the molecule is Clc1ccc(C(NCc2ccncc2)c2cccs2)s1. The van der Waals surface area contributed by atoms with Gasteiger partial charge >= 0.3 is 0 Å². The molecule has 0 saturated heterocycles. The number of hydrogen-bond donors (Lipinski definition) is 1. The molecule has 1 N–H and O–H groups in total. The number of aromatic nitrogens is 1. The van der Waals surface area contributed by atoms with Crippen LogP contribution >= 0.6 is 34.3 Å². The number of nitrogens with one attached hydrogen (secondary N) is 1. The molecule has 0 aliphatic rings. The molecule has 102 valence electrons. The third-order valence-electron chi connectivity index (χ3n) is 2.97. The van der Waals surface area contributed by atoms with E-state index in [2.05, 4.69) is 33.9 Å². The Balaban J connectivity index is 1.80. The van der Waals surface area contributed by atoms with E-state index in [1.165, 1.54) is 15.3 Å². The first kappa shape index (κ1) is 13.8. The van der Waals surface area contributed by atoms with Crippen LogP contribution in [0, 0.1) is 0 Å². The Labute approximate surface area is 131 Å². The Bertz CT molecular complexity index is 650. The van der Waals surface area contributed by atoms with Crippen LogP contribution in [-0.4, -0.2) is 4.98 Å². The van der Waals surface area contributed by atoms with Crippen molar-refractivity contribution >= 4 is 34.3 Å². The lowest BCUT2D eigenvalue weighted by molar-refractivity contribution is 0.621. The number of hydrogen-bond acceptors (Lipinski definition) is 4. The first-order valence-corrected chi connectivity index (χ1v) is 8.31. The minimum Gasteiger partial charge on any atom is -0.301 e. The highest BCUT2D eigenvalue weighted by Crippen LogP contribution is 2.33. The van der Waals surface area contributed by atoms with Gasteiger partial charge in [0.2, 0.25) is 0 Å². The molecular formula is C15H13ClN2S2. The maximum Gasteiger partial charge on any atom is 0.0931 e. The van der Waals surface area contributed by atoms with E-state index in [4.69, 9.17) is 11.6 Å². The molecule has 0 spiro atoms. The summed E-state index contributed by atoms with van der Waals surface area (Å²) >= 11 is 9.45. The van der Waals surface area contributed by atoms with E-state index in [-0.39, 0.29) is 6.04 Å². The van der Waals surface area contributed by atoms with E-state index in [0.717, 1.165) is 10.9 Å². The van der Waals surface area contributed by atoms with Gasteiger partial charge in [0, 0.05) is 28.7 Å². The highest BCUT2D eigenvalue weighted by molar-refractivity contribution is 7.16. The molecule has 0 radical (unpaired) electrons. The second-order valence-electron chi connectivity index (χ2n) is 4.33. The zero-order valence-electron chi connectivity index (χ0n) is 10.6. The summed E-state index contributed by atoms with van der Waals surface area (Å²) in [5.74, 6) is 0. The smallest absolute Gasteiger partial charge is 0.0931 e. The first-order valence-electron chi connectivity index (χ1n) is 6.24. The number of rotatable bonds is 5. The fraction of sp³-hybridized carbons (Fsp3) is 0.133. The van der Waals surface area contributed by atoms with E-state index in [0.29, 0.717) is 0 Å². The molecule has 0 aliphatic heterocycles. The topological polar surface area (TPSA) is 24.9 Å². The molecule has 3 aromatic heterocycles. The molecule has 1 atom stereocenters. The van der Waals surface area contributed by atoms with Gasteiger partial charge in [-0.3, -0.25) is 4.98 Å². The zero-order chi connectivity index (χ0) is 13.8. The molecule has 0 fully saturated rings. The first-order chi connectivity index (χ1) is 9.83. The molecule has 0 bridgehead atoms. The van der Waals surface area contributed by atoms with Crippen molar-refractivity contribution in [2.45, 2.75) is 12.6 Å². The maximum absolute atomic E-state index is 6.07. The summed E-state index contributed by atoms with van der Waals surface area (Å²) in [4.78, 5) is 6.59. The summed E-state index contributed by atoms with van der Waals surface area (Å²) in [6.07, 6.45) is 3.64. The lowest BCUT2D eigenvalue weighted by atomic mass is 10.2. The van der Waals surface area contributed by atoms with Gasteiger partial charge < -0.3 is 5.32 Å². The van der Waals surface area contributed by atoms with Gasteiger partial charge in [-0.25, -0.2) is 0 Å². The van der Waals surface area contributed by atoms with Gasteiger partial charge in [0.1, 0.15) is 0 Å².